The summed E-state index contributed by atoms with van der Waals surface area (Å²) in [5, 5.41) is 6.07. The quantitative estimate of drug-likeness (QED) is 0.856. The first-order valence-electron chi connectivity index (χ1n) is 6.76. The van der Waals surface area contributed by atoms with Crippen LogP contribution in [0.1, 0.15) is 12.6 Å². The first-order valence-corrected chi connectivity index (χ1v) is 6.76. The Kier molecular flexibility index (Phi) is 5.29. The zero-order chi connectivity index (χ0) is 15.1. The second kappa shape index (κ2) is 7.40. The molecule has 1 aromatic carbocycles. The highest BCUT2D eigenvalue weighted by molar-refractivity contribution is 5.94. The molecule has 2 rings (SSSR count). The highest BCUT2D eigenvalue weighted by Crippen LogP contribution is 2.14. The van der Waals surface area contributed by atoms with Crippen molar-refractivity contribution in [2.24, 2.45) is 0 Å². The van der Waals surface area contributed by atoms with Crippen LogP contribution in [0.25, 0.3) is 0 Å². The Labute approximate surface area is 124 Å². The van der Waals surface area contributed by atoms with E-state index in [1.54, 1.807) is 13.1 Å². The van der Waals surface area contributed by atoms with Crippen molar-refractivity contribution in [2.75, 3.05) is 17.7 Å². The molecule has 0 saturated carbocycles. The number of pyridine rings is 1. The molecule has 0 aliphatic carbocycles. The van der Waals surface area contributed by atoms with Crippen LogP contribution in [0.5, 0.6) is 0 Å². The fourth-order valence-corrected chi connectivity index (χ4v) is 1.72. The van der Waals surface area contributed by atoms with E-state index in [1.165, 1.54) is 7.11 Å². The van der Waals surface area contributed by atoms with E-state index in [1.807, 2.05) is 42.5 Å². The van der Waals surface area contributed by atoms with Gasteiger partial charge < -0.3 is 15.4 Å². The van der Waals surface area contributed by atoms with E-state index in [-0.39, 0.29) is 5.91 Å². The summed E-state index contributed by atoms with van der Waals surface area (Å²) in [5.74, 6) is -0.160. The van der Waals surface area contributed by atoms with E-state index < -0.39 is 6.10 Å². The predicted molar refractivity (Wildman–Crippen MR) is 83.1 cm³/mol. The molecule has 1 atom stereocenters. The maximum absolute atomic E-state index is 11.7. The number of benzene rings is 1. The van der Waals surface area contributed by atoms with Crippen molar-refractivity contribution in [3.05, 3.63) is 54.4 Å². The van der Waals surface area contributed by atoms with E-state index >= 15 is 0 Å². The van der Waals surface area contributed by atoms with Crippen molar-refractivity contribution in [2.45, 2.75) is 19.6 Å². The van der Waals surface area contributed by atoms with Gasteiger partial charge in [0.2, 0.25) is 0 Å². The van der Waals surface area contributed by atoms with Crippen LogP contribution in [0, 0.1) is 0 Å². The molecular formula is C16H19N3O2. The van der Waals surface area contributed by atoms with E-state index in [0.29, 0.717) is 6.54 Å². The van der Waals surface area contributed by atoms with Crippen LogP contribution in [-0.2, 0) is 16.1 Å². The average molecular weight is 285 g/mol. The minimum Gasteiger partial charge on any atom is -0.379 e. The van der Waals surface area contributed by atoms with Gasteiger partial charge in [0, 0.05) is 24.7 Å². The Morgan fingerprint density at radius 1 is 1.19 bits per heavy atom. The molecule has 0 fully saturated rings. The van der Waals surface area contributed by atoms with Crippen molar-refractivity contribution < 1.29 is 9.53 Å². The smallest absolute Gasteiger partial charge is 0.253 e. The molecule has 1 heterocycles. The fraction of sp³-hybridized carbons (Fsp3) is 0.250. The van der Waals surface area contributed by atoms with Gasteiger partial charge in [-0.05, 0) is 43.3 Å². The van der Waals surface area contributed by atoms with Crippen molar-refractivity contribution in [3.8, 4) is 0 Å². The van der Waals surface area contributed by atoms with Crippen molar-refractivity contribution in [3.63, 3.8) is 0 Å². The van der Waals surface area contributed by atoms with Crippen LogP contribution in [0.3, 0.4) is 0 Å². The molecule has 0 saturated heterocycles. The van der Waals surface area contributed by atoms with Crippen LogP contribution in [0.15, 0.2) is 48.7 Å². The summed E-state index contributed by atoms with van der Waals surface area (Å²) in [6, 6.07) is 13.3. The molecule has 0 spiro atoms. The summed E-state index contributed by atoms with van der Waals surface area (Å²) in [5.41, 5.74) is 2.69. The first-order chi connectivity index (χ1) is 10.2. The van der Waals surface area contributed by atoms with Gasteiger partial charge in [0.15, 0.2) is 0 Å². The molecule has 2 N–H and O–H groups in total. The maximum atomic E-state index is 11.7. The van der Waals surface area contributed by atoms with E-state index in [2.05, 4.69) is 15.6 Å². The number of ether oxygens (including phenoxy) is 1. The maximum Gasteiger partial charge on any atom is 0.253 e. The van der Waals surface area contributed by atoms with Crippen molar-refractivity contribution in [1.29, 1.82) is 0 Å². The molecule has 0 aliphatic rings. The summed E-state index contributed by atoms with van der Waals surface area (Å²) < 4.78 is 4.96. The number of carbonyl (C=O) groups excluding carboxylic acids is 1. The highest BCUT2D eigenvalue weighted by atomic mass is 16.5. The monoisotopic (exact) mass is 285 g/mol. The lowest BCUT2D eigenvalue weighted by atomic mass is 10.2. The third-order valence-electron chi connectivity index (χ3n) is 3.07. The predicted octanol–water partition coefficient (Wildman–Crippen LogP) is 2.67. The Hall–Kier alpha value is -2.40. The number of carbonyl (C=O) groups is 1. The van der Waals surface area contributed by atoms with Gasteiger partial charge in [-0.25, -0.2) is 0 Å². The fourth-order valence-electron chi connectivity index (χ4n) is 1.72. The van der Waals surface area contributed by atoms with Crippen LogP contribution >= 0.6 is 0 Å². The molecule has 0 bridgehead atoms. The molecule has 21 heavy (non-hydrogen) atoms. The molecule has 5 heteroatoms. The number of aromatic nitrogens is 1. The molecule has 110 valence electrons. The Morgan fingerprint density at radius 3 is 2.52 bits per heavy atom. The van der Waals surface area contributed by atoms with Gasteiger partial charge in [0.25, 0.3) is 5.91 Å². The molecule has 5 nitrogen and oxygen atoms in total. The van der Waals surface area contributed by atoms with Crippen LogP contribution < -0.4 is 10.6 Å². The second-order valence-electron chi connectivity index (χ2n) is 4.62. The van der Waals surface area contributed by atoms with Gasteiger partial charge in [-0.1, -0.05) is 6.07 Å². The van der Waals surface area contributed by atoms with Crippen molar-refractivity contribution >= 4 is 17.3 Å². The van der Waals surface area contributed by atoms with Gasteiger partial charge in [0.05, 0.1) is 12.2 Å². The lowest BCUT2D eigenvalue weighted by Gasteiger charge is -2.11. The molecule has 0 radical (unpaired) electrons. The minimum atomic E-state index is -0.466. The SMILES string of the molecule is CO[C@H](C)C(=O)Nc1ccc(NCc2ccccn2)cc1. The number of hydrogen-bond acceptors (Lipinski definition) is 4. The van der Waals surface area contributed by atoms with Crippen LogP contribution in [0.4, 0.5) is 11.4 Å². The lowest BCUT2D eigenvalue weighted by Crippen LogP contribution is -2.26. The van der Waals surface area contributed by atoms with E-state index in [0.717, 1.165) is 17.1 Å². The molecule has 0 unspecified atom stereocenters. The zero-order valence-electron chi connectivity index (χ0n) is 12.2. The Morgan fingerprint density at radius 2 is 1.90 bits per heavy atom. The Bertz CT molecular complexity index is 570. The molecule has 2 aromatic rings. The van der Waals surface area contributed by atoms with Gasteiger partial charge in [-0.15, -0.1) is 0 Å². The number of nitrogens with zero attached hydrogens (tertiary/aromatic N) is 1. The summed E-state index contributed by atoms with van der Waals surface area (Å²) in [6.07, 6.45) is 1.30. The minimum absolute atomic E-state index is 0.160. The Balaban J connectivity index is 1.88. The average Bonchev–Trinajstić information content (AvgIpc) is 2.54. The molecule has 1 amide bonds. The molecule has 1 aromatic heterocycles. The molecular weight excluding hydrogens is 266 g/mol. The first kappa shape index (κ1) is 15.0. The highest BCUT2D eigenvalue weighted by Gasteiger charge is 2.11. The summed E-state index contributed by atoms with van der Waals surface area (Å²) in [6.45, 7) is 2.37. The number of methoxy groups -OCH3 is 1. The summed E-state index contributed by atoms with van der Waals surface area (Å²) in [7, 11) is 1.51. The zero-order valence-corrected chi connectivity index (χ0v) is 12.2. The van der Waals surface area contributed by atoms with Crippen LogP contribution in [-0.4, -0.2) is 24.1 Å². The summed E-state index contributed by atoms with van der Waals surface area (Å²) >= 11 is 0. The van der Waals surface area contributed by atoms with E-state index in [4.69, 9.17) is 4.74 Å². The third-order valence-corrected chi connectivity index (χ3v) is 3.07. The molecule has 0 aliphatic heterocycles. The second-order valence-corrected chi connectivity index (χ2v) is 4.62. The van der Waals surface area contributed by atoms with Gasteiger partial charge in [-0.3, -0.25) is 9.78 Å². The largest absolute Gasteiger partial charge is 0.379 e. The number of rotatable bonds is 6. The van der Waals surface area contributed by atoms with Crippen LogP contribution in [0.2, 0.25) is 0 Å². The standard InChI is InChI=1S/C16H19N3O2/c1-12(21-2)16(20)19-14-8-6-13(7-9-14)18-11-15-5-3-4-10-17-15/h3-10,12,18H,11H2,1-2H3,(H,19,20)/t12-/m1/s1. The lowest BCUT2D eigenvalue weighted by molar-refractivity contribution is -0.124. The number of hydrogen-bond donors (Lipinski definition) is 2. The van der Waals surface area contributed by atoms with Gasteiger partial charge >= 0.3 is 0 Å². The van der Waals surface area contributed by atoms with Crippen molar-refractivity contribution in [1.82, 2.24) is 4.98 Å². The number of amides is 1. The van der Waals surface area contributed by atoms with Gasteiger partial charge in [-0.2, -0.15) is 0 Å². The number of nitrogens with one attached hydrogen (secondary N) is 2. The topological polar surface area (TPSA) is 63.2 Å². The van der Waals surface area contributed by atoms with E-state index in [9.17, 15) is 4.79 Å². The number of anilines is 2. The normalized spacial score (nSPS) is 11.7. The summed E-state index contributed by atoms with van der Waals surface area (Å²) in [4.78, 5) is 15.9. The third kappa shape index (κ3) is 4.57. The van der Waals surface area contributed by atoms with Gasteiger partial charge in [0.1, 0.15) is 6.10 Å².